The van der Waals surface area contributed by atoms with Crippen molar-refractivity contribution >= 4 is 10.0 Å². The zero-order valence-electron chi connectivity index (χ0n) is 13.2. The smallest absolute Gasteiger partial charge is 0.240 e. The second-order valence-electron chi connectivity index (χ2n) is 5.30. The highest BCUT2D eigenvalue weighted by Crippen LogP contribution is 2.11. The van der Waals surface area contributed by atoms with Crippen LogP contribution in [0.3, 0.4) is 0 Å². The minimum Gasteiger partial charge on any atom is -0.377 e. The Morgan fingerprint density at radius 3 is 2.57 bits per heavy atom. The number of hydrogen-bond acceptors (Lipinski definition) is 4. The molecule has 0 aliphatic heterocycles. The van der Waals surface area contributed by atoms with E-state index in [2.05, 4.69) is 23.9 Å². The molecule has 0 amide bonds. The van der Waals surface area contributed by atoms with Gasteiger partial charge in [-0.2, -0.15) is 0 Å². The minimum atomic E-state index is -3.49. The lowest BCUT2D eigenvalue weighted by Gasteiger charge is -2.14. The van der Waals surface area contributed by atoms with Gasteiger partial charge in [-0.25, -0.2) is 13.1 Å². The maximum atomic E-state index is 12.2. The molecule has 2 N–H and O–H groups in total. The molecule has 1 atom stereocenters. The van der Waals surface area contributed by atoms with Crippen LogP contribution in [0.2, 0.25) is 0 Å². The molecule has 1 aromatic rings. The number of nitrogens with one attached hydrogen (secondary N) is 2. The molecule has 5 nitrogen and oxygen atoms in total. The van der Waals surface area contributed by atoms with Crippen LogP contribution in [0.1, 0.15) is 33.3 Å². The third-order valence-electron chi connectivity index (χ3n) is 2.94. The van der Waals surface area contributed by atoms with Crippen molar-refractivity contribution < 1.29 is 13.2 Å². The molecular formula is C15H26N2O3S. The van der Waals surface area contributed by atoms with Gasteiger partial charge >= 0.3 is 0 Å². The molecule has 0 radical (unpaired) electrons. The minimum absolute atomic E-state index is 0.143. The quantitative estimate of drug-likeness (QED) is 0.730. The van der Waals surface area contributed by atoms with Crippen molar-refractivity contribution in [1.29, 1.82) is 0 Å². The summed E-state index contributed by atoms with van der Waals surface area (Å²) in [6.45, 7) is 9.32. The Bertz CT molecular complexity index is 529. The Balaban J connectivity index is 2.72. The van der Waals surface area contributed by atoms with Gasteiger partial charge in [0.15, 0.2) is 0 Å². The summed E-state index contributed by atoms with van der Waals surface area (Å²) in [5, 5.41) is 3.27. The number of ether oxygens (including phenoxy) is 1. The van der Waals surface area contributed by atoms with Crippen molar-refractivity contribution in [2.45, 2.75) is 51.3 Å². The predicted octanol–water partition coefficient (Wildman–Crippen LogP) is 1.89. The topological polar surface area (TPSA) is 67.4 Å². The Hall–Kier alpha value is -0.950. The standard InChI is InChI=1S/C15H26N2O3S/c1-5-20-13(4)10-17-21(18,19)15-8-6-7-14(9-15)11-16-12(2)3/h6-9,12-13,16-17H,5,10-11H2,1-4H3. The van der Waals surface area contributed by atoms with Gasteiger partial charge in [0.25, 0.3) is 0 Å². The van der Waals surface area contributed by atoms with Crippen molar-refractivity contribution in [2.24, 2.45) is 0 Å². The molecule has 0 saturated carbocycles. The molecule has 0 aromatic heterocycles. The first-order valence-electron chi connectivity index (χ1n) is 7.28. The predicted molar refractivity (Wildman–Crippen MR) is 84.7 cm³/mol. The van der Waals surface area contributed by atoms with Gasteiger partial charge in [0.2, 0.25) is 10.0 Å². The van der Waals surface area contributed by atoms with Crippen LogP contribution in [0.4, 0.5) is 0 Å². The normalized spacial score (nSPS) is 13.6. The van der Waals surface area contributed by atoms with Crippen molar-refractivity contribution in [2.75, 3.05) is 13.2 Å². The fourth-order valence-electron chi connectivity index (χ4n) is 1.80. The van der Waals surface area contributed by atoms with Gasteiger partial charge in [0.1, 0.15) is 0 Å². The van der Waals surface area contributed by atoms with Crippen molar-refractivity contribution in [3.05, 3.63) is 29.8 Å². The third kappa shape index (κ3) is 6.56. The molecule has 0 aliphatic rings. The molecule has 21 heavy (non-hydrogen) atoms. The van der Waals surface area contributed by atoms with E-state index in [-0.39, 0.29) is 17.5 Å². The highest BCUT2D eigenvalue weighted by molar-refractivity contribution is 7.89. The molecule has 0 spiro atoms. The van der Waals surface area contributed by atoms with E-state index in [1.54, 1.807) is 18.2 Å². The first kappa shape index (κ1) is 18.1. The third-order valence-corrected chi connectivity index (χ3v) is 4.36. The van der Waals surface area contributed by atoms with Crippen LogP contribution in [0.25, 0.3) is 0 Å². The molecule has 0 aliphatic carbocycles. The van der Waals surface area contributed by atoms with Gasteiger partial charge in [0.05, 0.1) is 11.0 Å². The van der Waals surface area contributed by atoms with Crippen LogP contribution < -0.4 is 10.0 Å². The maximum absolute atomic E-state index is 12.2. The Morgan fingerprint density at radius 1 is 1.24 bits per heavy atom. The van der Waals surface area contributed by atoms with Crippen molar-refractivity contribution in [3.8, 4) is 0 Å². The zero-order valence-corrected chi connectivity index (χ0v) is 14.0. The second-order valence-corrected chi connectivity index (χ2v) is 7.07. The summed E-state index contributed by atoms with van der Waals surface area (Å²) < 4.78 is 32.4. The molecule has 0 bridgehead atoms. The second kappa shape index (κ2) is 8.48. The highest BCUT2D eigenvalue weighted by Gasteiger charge is 2.15. The summed E-state index contributed by atoms with van der Waals surface area (Å²) in [6.07, 6.45) is -0.143. The van der Waals surface area contributed by atoms with Gasteiger partial charge in [0, 0.05) is 25.7 Å². The molecule has 1 aromatic carbocycles. The van der Waals surface area contributed by atoms with Crippen molar-refractivity contribution in [1.82, 2.24) is 10.0 Å². The SMILES string of the molecule is CCOC(C)CNS(=O)(=O)c1cccc(CNC(C)C)c1. The van der Waals surface area contributed by atoms with E-state index in [9.17, 15) is 8.42 Å². The molecule has 1 rings (SSSR count). The average molecular weight is 314 g/mol. The van der Waals surface area contributed by atoms with E-state index in [0.717, 1.165) is 5.56 Å². The molecule has 0 heterocycles. The van der Waals surface area contributed by atoms with E-state index in [0.29, 0.717) is 19.2 Å². The Kier molecular flexibility index (Phi) is 7.31. The van der Waals surface area contributed by atoms with Crippen molar-refractivity contribution in [3.63, 3.8) is 0 Å². The molecular weight excluding hydrogens is 288 g/mol. The van der Waals surface area contributed by atoms with E-state index in [1.165, 1.54) is 0 Å². The first-order valence-corrected chi connectivity index (χ1v) is 8.77. The highest BCUT2D eigenvalue weighted by atomic mass is 32.2. The number of rotatable bonds is 9. The number of benzene rings is 1. The lowest BCUT2D eigenvalue weighted by molar-refractivity contribution is 0.0799. The summed E-state index contributed by atoms with van der Waals surface area (Å²) in [4.78, 5) is 0.286. The molecule has 1 unspecified atom stereocenters. The summed E-state index contributed by atoms with van der Waals surface area (Å²) in [5.74, 6) is 0. The van der Waals surface area contributed by atoms with Crippen LogP contribution in [0.5, 0.6) is 0 Å². The van der Waals surface area contributed by atoms with Gasteiger partial charge in [-0.15, -0.1) is 0 Å². The lowest BCUT2D eigenvalue weighted by atomic mass is 10.2. The Labute approximate surface area is 128 Å². The fourth-order valence-corrected chi connectivity index (χ4v) is 2.98. The first-order chi connectivity index (χ1) is 9.85. The van der Waals surface area contributed by atoms with Crippen LogP contribution in [0, 0.1) is 0 Å². The van der Waals surface area contributed by atoms with Gasteiger partial charge < -0.3 is 10.1 Å². The number of sulfonamides is 1. The average Bonchev–Trinajstić information content (AvgIpc) is 2.44. The van der Waals surface area contributed by atoms with Gasteiger partial charge in [-0.05, 0) is 31.5 Å². The van der Waals surface area contributed by atoms with Crippen LogP contribution in [0.15, 0.2) is 29.2 Å². The largest absolute Gasteiger partial charge is 0.377 e. The van der Waals surface area contributed by atoms with Gasteiger partial charge in [-0.3, -0.25) is 0 Å². The Morgan fingerprint density at radius 2 is 1.95 bits per heavy atom. The van der Waals surface area contributed by atoms with E-state index in [4.69, 9.17) is 4.74 Å². The molecule has 0 fully saturated rings. The molecule has 6 heteroatoms. The monoisotopic (exact) mass is 314 g/mol. The van der Waals surface area contributed by atoms with E-state index < -0.39 is 10.0 Å². The zero-order chi connectivity index (χ0) is 15.9. The molecule has 120 valence electrons. The van der Waals surface area contributed by atoms with E-state index in [1.807, 2.05) is 19.9 Å². The maximum Gasteiger partial charge on any atom is 0.240 e. The summed E-state index contributed by atoms with van der Waals surface area (Å²) in [5.41, 5.74) is 0.949. The fraction of sp³-hybridized carbons (Fsp3) is 0.600. The lowest BCUT2D eigenvalue weighted by Crippen LogP contribution is -2.32. The van der Waals surface area contributed by atoms with E-state index >= 15 is 0 Å². The van der Waals surface area contributed by atoms with Gasteiger partial charge in [-0.1, -0.05) is 26.0 Å². The van der Waals surface area contributed by atoms with Crippen LogP contribution >= 0.6 is 0 Å². The number of hydrogen-bond donors (Lipinski definition) is 2. The van der Waals surface area contributed by atoms with Crippen LogP contribution in [-0.2, 0) is 21.3 Å². The summed E-state index contributed by atoms with van der Waals surface area (Å²) >= 11 is 0. The summed E-state index contributed by atoms with van der Waals surface area (Å²) in [6, 6.07) is 7.33. The summed E-state index contributed by atoms with van der Waals surface area (Å²) in [7, 11) is -3.49. The van der Waals surface area contributed by atoms with Crippen LogP contribution in [-0.4, -0.2) is 33.7 Å². The molecule has 0 saturated heterocycles.